The fourth-order valence-corrected chi connectivity index (χ4v) is 2.15. The van der Waals surface area contributed by atoms with E-state index >= 15 is 0 Å². The highest BCUT2D eigenvalue weighted by molar-refractivity contribution is 9.10. The highest BCUT2D eigenvalue weighted by Gasteiger charge is 2.16. The summed E-state index contributed by atoms with van der Waals surface area (Å²) in [5.74, 6) is 0.251. The van der Waals surface area contributed by atoms with Crippen LogP contribution in [0.5, 0.6) is 5.75 Å². The fourth-order valence-electron chi connectivity index (χ4n) is 1.58. The molecule has 0 saturated heterocycles. The van der Waals surface area contributed by atoms with Crippen molar-refractivity contribution in [2.45, 2.75) is 13.0 Å². The van der Waals surface area contributed by atoms with Gasteiger partial charge >= 0.3 is 0 Å². The van der Waals surface area contributed by atoms with E-state index in [2.05, 4.69) is 21.2 Å². The van der Waals surface area contributed by atoms with Crippen molar-refractivity contribution in [1.82, 2.24) is 0 Å². The second kappa shape index (κ2) is 6.77. The summed E-state index contributed by atoms with van der Waals surface area (Å²) in [5.41, 5.74) is 0.701. The molecule has 0 radical (unpaired) electrons. The maximum absolute atomic E-state index is 12.1. The van der Waals surface area contributed by atoms with Gasteiger partial charge in [0.15, 0.2) is 6.10 Å². The number of carbonyl (C=O) groups is 1. The number of hydrogen-bond donors (Lipinski definition) is 1. The first-order valence-electron chi connectivity index (χ1n) is 6.04. The highest BCUT2D eigenvalue weighted by atomic mass is 79.9. The van der Waals surface area contributed by atoms with Crippen LogP contribution in [0.3, 0.4) is 0 Å². The first kappa shape index (κ1) is 14.9. The molecule has 104 valence electrons. The minimum absolute atomic E-state index is 0.239. The molecule has 0 aliphatic rings. The van der Waals surface area contributed by atoms with Crippen molar-refractivity contribution in [3.8, 4) is 5.75 Å². The monoisotopic (exact) mass is 353 g/mol. The van der Waals surface area contributed by atoms with Crippen molar-refractivity contribution in [1.29, 1.82) is 0 Å². The summed E-state index contributed by atoms with van der Waals surface area (Å²) in [7, 11) is 0. The van der Waals surface area contributed by atoms with Gasteiger partial charge in [0.2, 0.25) is 0 Å². The van der Waals surface area contributed by atoms with Gasteiger partial charge in [-0.3, -0.25) is 4.79 Å². The second-order valence-electron chi connectivity index (χ2n) is 4.16. The number of hydrogen-bond acceptors (Lipinski definition) is 2. The van der Waals surface area contributed by atoms with Crippen molar-refractivity contribution in [3.05, 3.63) is 58.0 Å². The Morgan fingerprint density at radius 1 is 1.20 bits per heavy atom. The average Bonchev–Trinajstić information content (AvgIpc) is 2.43. The molecule has 0 aromatic heterocycles. The third-order valence-electron chi connectivity index (χ3n) is 2.64. The zero-order valence-corrected chi connectivity index (χ0v) is 13.1. The number of halogens is 2. The molecule has 3 nitrogen and oxygen atoms in total. The minimum Gasteiger partial charge on any atom is -0.479 e. The predicted octanol–water partition coefficient (Wildman–Crippen LogP) is 4.51. The van der Waals surface area contributed by atoms with Gasteiger partial charge in [-0.25, -0.2) is 0 Å². The number of nitrogens with one attached hydrogen (secondary N) is 1. The van der Waals surface area contributed by atoms with Gasteiger partial charge in [0, 0.05) is 4.47 Å². The number of rotatable bonds is 4. The maximum Gasteiger partial charge on any atom is 0.265 e. The number of anilines is 1. The van der Waals surface area contributed by atoms with Gasteiger partial charge in [0.1, 0.15) is 5.75 Å². The standard InChI is InChI=1S/C15H13BrClNO2/c1-10(20-14-9-5-3-7-12(14)17)15(19)18-13-8-4-2-6-11(13)16/h2-10H,1H3,(H,18,19)/t10-/m0/s1. The van der Waals surface area contributed by atoms with E-state index < -0.39 is 6.10 Å². The van der Waals surface area contributed by atoms with Crippen LogP contribution in [0, 0.1) is 0 Å². The summed E-state index contributed by atoms with van der Waals surface area (Å²) in [6.45, 7) is 1.68. The molecule has 20 heavy (non-hydrogen) atoms. The first-order valence-corrected chi connectivity index (χ1v) is 7.21. The molecule has 0 fully saturated rings. The molecule has 2 rings (SSSR count). The molecule has 0 bridgehead atoms. The van der Waals surface area contributed by atoms with Crippen molar-refractivity contribution in [2.24, 2.45) is 0 Å². The quantitative estimate of drug-likeness (QED) is 0.877. The number of ether oxygens (including phenoxy) is 1. The van der Waals surface area contributed by atoms with Gasteiger partial charge in [0.05, 0.1) is 10.7 Å². The van der Waals surface area contributed by atoms with Crippen LogP contribution in [0.2, 0.25) is 5.02 Å². The summed E-state index contributed by atoms with van der Waals surface area (Å²) in [4.78, 5) is 12.1. The lowest BCUT2D eigenvalue weighted by atomic mass is 10.3. The normalized spacial score (nSPS) is 11.8. The summed E-state index contributed by atoms with van der Waals surface area (Å²) < 4.78 is 6.38. The second-order valence-corrected chi connectivity index (χ2v) is 5.42. The van der Waals surface area contributed by atoms with Crippen molar-refractivity contribution in [3.63, 3.8) is 0 Å². The van der Waals surface area contributed by atoms with Crippen LogP contribution < -0.4 is 10.1 Å². The lowest BCUT2D eigenvalue weighted by Gasteiger charge is -2.16. The summed E-state index contributed by atoms with van der Waals surface area (Å²) in [6.07, 6.45) is -0.651. The van der Waals surface area contributed by atoms with Gasteiger partial charge in [-0.15, -0.1) is 0 Å². The van der Waals surface area contributed by atoms with Crippen molar-refractivity contribution in [2.75, 3.05) is 5.32 Å². The molecular formula is C15H13BrClNO2. The van der Waals surface area contributed by atoms with Crippen LogP contribution in [0.1, 0.15) is 6.92 Å². The molecule has 0 aliphatic heterocycles. The first-order chi connectivity index (χ1) is 9.58. The topological polar surface area (TPSA) is 38.3 Å². The van der Waals surface area contributed by atoms with E-state index in [0.717, 1.165) is 4.47 Å². The third-order valence-corrected chi connectivity index (χ3v) is 3.65. The molecule has 0 unspecified atom stereocenters. The van der Waals surface area contributed by atoms with Crippen LogP contribution in [0.4, 0.5) is 5.69 Å². The Bertz CT molecular complexity index is 618. The van der Waals surface area contributed by atoms with Crippen LogP contribution in [0.25, 0.3) is 0 Å². The zero-order valence-electron chi connectivity index (χ0n) is 10.8. The van der Waals surface area contributed by atoms with Gasteiger partial charge in [0.25, 0.3) is 5.91 Å². The molecule has 2 aromatic rings. The van der Waals surface area contributed by atoms with E-state index in [4.69, 9.17) is 16.3 Å². The Kier molecular flexibility index (Phi) is 5.04. The Hall–Kier alpha value is -1.52. The van der Waals surface area contributed by atoms with Gasteiger partial charge in [-0.2, -0.15) is 0 Å². The Morgan fingerprint density at radius 2 is 1.85 bits per heavy atom. The van der Waals surface area contributed by atoms with E-state index in [-0.39, 0.29) is 5.91 Å². The molecule has 0 heterocycles. The van der Waals surface area contributed by atoms with Gasteiger partial charge < -0.3 is 10.1 Å². The van der Waals surface area contributed by atoms with E-state index in [0.29, 0.717) is 16.5 Å². The Labute approximate surface area is 131 Å². The van der Waals surface area contributed by atoms with Crippen LogP contribution in [-0.2, 0) is 4.79 Å². The lowest BCUT2D eigenvalue weighted by Crippen LogP contribution is -2.30. The maximum atomic E-state index is 12.1. The van der Waals surface area contributed by atoms with Crippen LogP contribution in [-0.4, -0.2) is 12.0 Å². The fraction of sp³-hybridized carbons (Fsp3) is 0.133. The van der Waals surface area contributed by atoms with Gasteiger partial charge in [-0.05, 0) is 47.1 Å². The highest BCUT2D eigenvalue weighted by Crippen LogP contribution is 2.25. The van der Waals surface area contributed by atoms with Crippen LogP contribution >= 0.6 is 27.5 Å². The number of carbonyl (C=O) groups excluding carboxylic acids is 1. The Balaban J connectivity index is 2.03. The molecule has 0 saturated carbocycles. The molecule has 1 atom stereocenters. The smallest absolute Gasteiger partial charge is 0.265 e. The molecule has 1 N–H and O–H groups in total. The third kappa shape index (κ3) is 3.74. The van der Waals surface area contributed by atoms with E-state index in [1.807, 2.05) is 24.3 Å². The molecular weight excluding hydrogens is 342 g/mol. The van der Waals surface area contributed by atoms with Crippen LogP contribution in [0.15, 0.2) is 53.0 Å². The summed E-state index contributed by atoms with van der Waals surface area (Å²) in [5, 5.41) is 3.28. The predicted molar refractivity (Wildman–Crippen MR) is 84.3 cm³/mol. The Morgan fingerprint density at radius 3 is 2.55 bits per heavy atom. The van der Waals surface area contributed by atoms with E-state index in [1.165, 1.54) is 0 Å². The lowest BCUT2D eigenvalue weighted by molar-refractivity contribution is -0.122. The SMILES string of the molecule is C[C@H](Oc1ccccc1Cl)C(=O)Nc1ccccc1Br. The number of para-hydroxylation sites is 2. The summed E-state index contributed by atoms with van der Waals surface area (Å²) >= 11 is 9.37. The zero-order chi connectivity index (χ0) is 14.5. The van der Waals surface area contributed by atoms with Crippen molar-refractivity contribution < 1.29 is 9.53 Å². The van der Waals surface area contributed by atoms with E-state index in [1.54, 1.807) is 31.2 Å². The molecule has 2 aromatic carbocycles. The number of benzene rings is 2. The average molecular weight is 355 g/mol. The largest absolute Gasteiger partial charge is 0.479 e. The van der Waals surface area contributed by atoms with E-state index in [9.17, 15) is 4.79 Å². The number of amides is 1. The van der Waals surface area contributed by atoms with Crippen molar-refractivity contribution >= 4 is 39.1 Å². The minimum atomic E-state index is -0.651. The molecule has 0 aliphatic carbocycles. The summed E-state index contributed by atoms with van der Waals surface area (Å²) in [6, 6.07) is 14.4. The molecule has 0 spiro atoms. The molecule has 5 heteroatoms. The van der Waals surface area contributed by atoms with Gasteiger partial charge in [-0.1, -0.05) is 35.9 Å². The molecule has 1 amide bonds.